The van der Waals surface area contributed by atoms with Crippen molar-refractivity contribution in [1.29, 1.82) is 0 Å². The van der Waals surface area contributed by atoms with Crippen molar-refractivity contribution in [3.05, 3.63) is 96.1 Å². The normalized spacial score (nSPS) is 11.0. The van der Waals surface area contributed by atoms with E-state index in [1.54, 1.807) is 0 Å². The van der Waals surface area contributed by atoms with E-state index in [0.717, 1.165) is 0 Å². The number of rotatable bonds is 3. The zero-order valence-electron chi connectivity index (χ0n) is 14.9. The highest BCUT2D eigenvalue weighted by molar-refractivity contribution is 5.70. The molecule has 2 nitrogen and oxygen atoms in total. The Morgan fingerprint density at radius 2 is 1.20 bits per heavy atom. The fraction of sp³-hybridized carbons (Fsp3) is 0.130. The summed E-state index contributed by atoms with van der Waals surface area (Å²) in [6, 6.07) is 23.3. The molecule has 0 amide bonds. The topological polar surface area (TPSA) is 9.86 Å². The Hall–Kier alpha value is -3.00. The molecule has 2 aromatic heterocycles. The van der Waals surface area contributed by atoms with Gasteiger partial charge < -0.3 is 9.13 Å². The quantitative estimate of drug-likeness (QED) is 0.446. The van der Waals surface area contributed by atoms with Gasteiger partial charge in [0.25, 0.3) is 0 Å². The van der Waals surface area contributed by atoms with E-state index in [0.29, 0.717) is 0 Å². The second-order valence-corrected chi connectivity index (χ2v) is 6.53. The molecule has 0 saturated carbocycles. The molecule has 0 aliphatic rings. The smallest absolute Gasteiger partial charge is 0.0452 e. The van der Waals surface area contributed by atoms with Gasteiger partial charge in [-0.3, -0.25) is 0 Å². The minimum atomic E-state index is 1.20. The lowest BCUT2D eigenvalue weighted by Gasteiger charge is -2.05. The number of aromatic nitrogens is 2. The third-order valence-electron chi connectivity index (χ3n) is 4.96. The summed E-state index contributed by atoms with van der Waals surface area (Å²) < 4.78 is 4.53. The van der Waals surface area contributed by atoms with E-state index in [9.17, 15) is 0 Å². The Kier molecular flexibility index (Phi) is 3.81. The predicted octanol–water partition coefficient (Wildman–Crippen LogP) is 5.86. The third-order valence-corrected chi connectivity index (χ3v) is 4.96. The molecular weight excluding hydrogens is 304 g/mol. The van der Waals surface area contributed by atoms with Gasteiger partial charge in [-0.25, -0.2) is 0 Å². The lowest BCUT2D eigenvalue weighted by atomic mass is 10.1. The third kappa shape index (κ3) is 2.70. The number of nitrogens with zero attached hydrogens (tertiary/aromatic N) is 2. The van der Waals surface area contributed by atoms with Gasteiger partial charge in [0.2, 0.25) is 0 Å². The fourth-order valence-corrected chi connectivity index (χ4v) is 3.43. The maximum atomic E-state index is 2.28. The molecule has 0 spiro atoms. The first-order chi connectivity index (χ1) is 12.1. The van der Waals surface area contributed by atoms with Crippen LogP contribution in [-0.2, 0) is 0 Å². The van der Waals surface area contributed by atoms with Crippen molar-refractivity contribution in [2.45, 2.75) is 20.8 Å². The Morgan fingerprint density at radius 3 is 1.80 bits per heavy atom. The van der Waals surface area contributed by atoms with Crippen LogP contribution in [0.5, 0.6) is 0 Å². The second-order valence-electron chi connectivity index (χ2n) is 6.53. The average molecular weight is 326 g/mol. The lowest BCUT2D eigenvalue weighted by Crippen LogP contribution is -1.94. The highest BCUT2D eigenvalue weighted by Gasteiger charge is 2.14. The van der Waals surface area contributed by atoms with Crippen LogP contribution in [0.25, 0.3) is 22.5 Å². The summed E-state index contributed by atoms with van der Waals surface area (Å²) >= 11 is 0. The largest absolute Gasteiger partial charge is 0.321 e. The van der Waals surface area contributed by atoms with E-state index in [2.05, 4.69) is 109 Å². The molecule has 0 radical (unpaired) electrons. The molecule has 4 rings (SSSR count). The summed E-state index contributed by atoms with van der Waals surface area (Å²) in [7, 11) is 0. The fourth-order valence-electron chi connectivity index (χ4n) is 3.43. The van der Waals surface area contributed by atoms with Gasteiger partial charge >= 0.3 is 0 Å². The molecule has 0 aliphatic heterocycles. The summed E-state index contributed by atoms with van der Waals surface area (Å²) in [4.78, 5) is 0. The van der Waals surface area contributed by atoms with Crippen molar-refractivity contribution >= 4 is 0 Å². The van der Waals surface area contributed by atoms with E-state index < -0.39 is 0 Å². The van der Waals surface area contributed by atoms with Crippen LogP contribution >= 0.6 is 0 Å². The molecule has 0 atom stereocenters. The number of aryl methyl sites for hydroxylation is 1. The standard InChI is InChI=1S/C23H22N2/c1-17-14-20(15-24(17)21-10-6-4-7-11-21)23-16-25(19(3)18(23)2)22-12-8-5-9-13-22/h4-16H,1-3H3. The van der Waals surface area contributed by atoms with E-state index in [-0.39, 0.29) is 0 Å². The summed E-state index contributed by atoms with van der Waals surface area (Å²) in [5, 5.41) is 0. The van der Waals surface area contributed by atoms with Crippen molar-refractivity contribution in [2.24, 2.45) is 0 Å². The Labute approximate surface area is 149 Å². The Morgan fingerprint density at radius 1 is 0.640 bits per heavy atom. The molecule has 124 valence electrons. The zero-order valence-corrected chi connectivity index (χ0v) is 14.9. The van der Waals surface area contributed by atoms with Gasteiger partial charge in [0, 0.05) is 46.3 Å². The van der Waals surface area contributed by atoms with Crippen LogP contribution < -0.4 is 0 Å². The lowest BCUT2D eigenvalue weighted by molar-refractivity contribution is 1.01. The maximum absolute atomic E-state index is 2.28. The summed E-state index contributed by atoms with van der Waals surface area (Å²) in [5.74, 6) is 0. The van der Waals surface area contributed by atoms with Crippen LogP contribution in [0.15, 0.2) is 79.1 Å². The first kappa shape index (κ1) is 15.5. The summed E-state index contributed by atoms with van der Waals surface area (Å²) in [5.41, 5.74) is 8.80. The van der Waals surface area contributed by atoms with Crippen LogP contribution in [0.3, 0.4) is 0 Å². The molecule has 2 heterocycles. The monoisotopic (exact) mass is 326 g/mol. The van der Waals surface area contributed by atoms with Gasteiger partial charge in [-0.1, -0.05) is 36.4 Å². The van der Waals surface area contributed by atoms with Crippen LogP contribution in [0, 0.1) is 20.8 Å². The van der Waals surface area contributed by atoms with E-state index in [1.807, 2.05) is 0 Å². The van der Waals surface area contributed by atoms with Gasteiger partial charge in [0.05, 0.1) is 0 Å². The highest BCUT2D eigenvalue weighted by atomic mass is 15.0. The first-order valence-corrected chi connectivity index (χ1v) is 8.64. The highest BCUT2D eigenvalue weighted by Crippen LogP contribution is 2.31. The van der Waals surface area contributed by atoms with E-state index >= 15 is 0 Å². The minimum absolute atomic E-state index is 1.20. The van der Waals surface area contributed by atoms with Crippen molar-refractivity contribution in [3.8, 4) is 22.5 Å². The number of para-hydroxylation sites is 2. The number of hydrogen-bond donors (Lipinski definition) is 0. The second kappa shape index (κ2) is 6.14. The molecular formula is C23H22N2. The van der Waals surface area contributed by atoms with E-state index in [4.69, 9.17) is 0 Å². The molecule has 0 aliphatic carbocycles. The molecule has 0 fully saturated rings. The van der Waals surface area contributed by atoms with Crippen molar-refractivity contribution in [1.82, 2.24) is 9.13 Å². The van der Waals surface area contributed by atoms with Crippen LogP contribution in [0.4, 0.5) is 0 Å². The predicted molar refractivity (Wildman–Crippen MR) is 105 cm³/mol. The van der Waals surface area contributed by atoms with Gasteiger partial charge in [-0.15, -0.1) is 0 Å². The van der Waals surface area contributed by atoms with Crippen LogP contribution in [-0.4, -0.2) is 9.13 Å². The maximum Gasteiger partial charge on any atom is 0.0452 e. The molecule has 0 unspecified atom stereocenters. The van der Waals surface area contributed by atoms with Gasteiger partial charge in [-0.05, 0) is 56.7 Å². The summed E-state index contributed by atoms with van der Waals surface area (Å²) in [6.45, 7) is 6.55. The average Bonchev–Trinajstić information content (AvgIpc) is 3.17. The summed E-state index contributed by atoms with van der Waals surface area (Å²) in [6.07, 6.45) is 4.49. The molecule has 0 saturated heterocycles. The number of benzene rings is 2. The van der Waals surface area contributed by atoms with Crippen LogP contribution in [0.1, 0.15) is 17.0 Å². The minimum Gasteiger partial charge on any atom is -0.321 e. The number of hydrogen-bond acceptors (Lipinski definition) is 0. The molecule has 4 aromatic rings. The van der Waals surface area contributed by atoms with Gasteiger partial charge in [0.15, 0.2) is 0 Å². The van der Waals surface area contributed by atoms with Crippen LogP contribution in [0.2, 0.25) is 0 Å². The zero-order chi connectivity index (χ0) is 17.4. The molecule has 0 bridgehead atoms. The van der Waals surface area contributed by atoms with Gasteiger partial charge in [0.1, 0.15) is 0 Å². The Balaban J connectivity index is 1.82. The molecule has 2 heteroatoms. The van der Waals surface area contributed by atoms with Crippen molar-refractivity contribution in [2.75, 3.05) is 0 Å². The first-order valence-electron chi connectivity index (χ1n) is 8.64. The molecule has 0 N–H and O–H groups in total. The Bertz CT molecular complexity index is 1010. The van der Waals surface area contributed by atoms with E-state index in [1.165, 1.54) is 39.5 Å². The van der Waals surface area contributed by atoms with Crippen molar-refractivity contribution in [3.63, 3.8) is 0 Å². The molecule has 25 heavy (non-hydrogen) atoms. The SMILES string of the molecule is Cc1c(-c2cc(C)n(-c3ccccc3)c2)cn(-c2ccccc2)c1C. The van der Waals surface area contributed by atoms with Gasteiger partial charge in [-0.2, -0.15) is 0 Å². The van der Waals surface area contributed by atoms with Crippen molar-refractivity contribution < 1.29 is 0 Å². The molecule has 2 aromatic carbocycles.